The van der Waals surface area contributed by atoms with Crippen molar-refractivity contribution in [3.05, 3.63) is 53.0 Å². The fourth-order valence-electron chi connectivity index (χ4n) is 2.38. The molecule has 1 aromatic carbocycles. The zero-order chi connectivity index (χ0) is 16.1. The highest BCUT2D eigenvalue weighted by Gasteiger charge is 2.20. The Hall–Kier alpha value is -1.88. The van der Waals surface area contributed by atoms with Crippen LogP contribution in [0.15, 0.2) is 47.5 Å². The summed E-state index contributed by atoms with van der Waals surface area (Å²) in [6.07, 6.45) is 3.08. The van der Waals surface area contributed by atoms with E-state index >= 15 is 0 Å². The Bertz CT molecular complexity index is 598. The molecular weight excluding hydrogens is 344 g/mol. The third-order valence-electron chi connectivity index (χ3n) is 3.85. The Morgan fingerprint density at radius 2 is 1.82 bits per heavy atom. The zero-order valence-electron chi connectivity index (χ0n) is 12.6. The standard InChI is InChI=1S/C17H19BrN2O2/c1-3-16(21)19(2)15-6-4-14(5-7-15)17(22)20-10-8-13(12-18)9-11-20/h3-7,12H,1,8-11H2,2H3. The Kier molecular flexibility index (Phi) is 5.55. The van der Waals surface area contributed by atoms with Gasteiger partial charge in [0.15, 0.2) is 0 Å². The van der Waals surface area contributed by atoms with Gasteiger partial charge in [0, 0.05) is 31.4 Å². The number of anilines is 1. The molecule has 2 amide bonds. The van der Waals surface area contributed by atoms with Crippen molar-refractivity contribution in [1.29, 1.82) is 0 Å². The van der Waals surface area contributed by atoms with Gasteiger partial charge >= 0.3 is 0 Å². The molecule has 0 unspecified atom stereocenters. The van der Waals surface area contributed by atoms with E-state index in [-0.39, 0.29) is 11.8 Å². The van der Waals surface area contributed by atoms with E-state index in [0.29, 0.717) is 5.56 Å². The second-order valence-electron chi connectivity index (χ2n) is 5.21. The molecule has 2 rings (SSSR count). The van der Waals surface area contributed by atoms with Crippen LogP contribution < -0.4 is 4.90 Å². The van der Waals surface area contributed by atoms with E-state index in [1.807, 2.05) is 9.89 Å². The predicted octanol–water partition coefficient (Wildman–Crippen LogP) is 3.35. The van der Waals surface area contributed by atoms with Crippen LogP contribution in [0.1, 0.15) is 23.2 Å². The molecule has 1 aliphatic rings. The van der Waals surface area contributed by atoms with Crippen molar-refractivity contribution in [2.45, 2.75) is 12.8 Å². The zero-order valence-corrected chi connectivity index (χ0v) is 14.2. The van der Waals surface area contributed by atoms with E-state index in [1.54, 1.807) is 31.3 Å². The van der Waals surface area contributed by atoms with Crippen molar-refractivity contribution < 1.29 is 9.59 Å². The van der Waals surface area contributed by atoms with Gasteiger partial charge in [-0.2, -0.15) is 0 Å². The lowest BCUT2D eigenvalue weighted by molar-refractivity contribution is -0.113. The van der Waals surface area contributed by atoms with E-state index in [0.717, 1.165) is 31.6 Å². The number of nitrogens with zero attached hydrogens (tertiary/aromatic N) is 2. The van der Waals surface area contributed by atoms with E-state index in [9.17, 15) is 9.59 Å². The normalized spacial score (nSPS) is 14.5. The maximum absolute atomic E-state index is 12.5. The number of hydrogen-bond donors (Lipinski definition) is 0. The molecule has 0 aromatic heterocycles. The van der Waals surface area contributed by atoms with Gasteiger partial charge in [0.2, 0.25) is 5.91 Å². The summed E-state index contributed by atoms with van der Waals surface area (Å²) in [6, 6.07) is 7.09. The second-order valence-corrected chi connectivity index (χ2v) is 5.67. The number of carbonyl (C=O) groups is 2. The predicted molar refractivity (Wildman–Crippen MR) is 92.2 cm³/mol. The number of hydrogen-bond acceptors (Lipinski definition) is 2. The third kappa shape index (κ3) is 3.65. The van der Waals surface area contributed by atoms with Gasteiger partial charge in [-0.15, -0.1) is 0 Å². The minimum absolute atomic E-state index is 0.0397. The molecule has 0 bridgehead atoms. The van der Waals surface area contributed by atoms with Crippen LogP contribution in [-0.4, -0.2) is 36.9 Å². The van der Waals surface area contributed by atoms with E-state index in [2.05, 4.69) is 22.5 Å². The average Bonchev–Trinajstić information content (AvgIpc) is 2.60. The van der Waals surface area contributed by atoms with E-state index in [4.69, 9.17) is 0 Å². The van der Waals surface area contributed by atoms with Crippen LogP contribution in [0.4, 0.5) is 5.69 Å². The van der Waals surface area contributed by atoms with E-state index < -0.39 is 0 Å². The van der Waals surface area contributed by atoms with Crippen LogP contribution >= 0.6 is 15.9 Å². The molecule has 0 atom stereocenters. The van der Waals surface area contributed by atoms with Gasteiger partial charge < -0.3 is 9.80 Å². The monoisotopic (exact) mass is 362 g/mol. The molecular formula is C17H19BrN2O2. The fourth-order valence-corrected chi connectivity index (χ4v) is 2.84. The van der Waals surface area contributed by atoms with Crippen molar-refractivity contribution in [1.82, 2.24) is 4.90 Å². The van der Waals surface area contributed by atoms with Gasteiger partial charge in [0.25, 0.3) is 5.91 Å². The first kappa shape index (κ1) is 16.5. The Morgan fingerprint density at radius 3 is 2.32 bits per heavy atom. The SMILES string of the molecule is C=CC(=O)N(C)c1ccc(C(=O)N2CCC(=CBr)CC2)cc1. The topological polar surface area (TPSA) is 40.6 Å². The first-order chi connectivity index (χ1) is 10.6. The van der Waals surface area contributed by atoms with Gasteiger partial charge in [0.1, 0.15) is 0 Å². The molecule has 5 heteroatoms. The summed E-state index contributed by atoms with van der Waals surface area (Å²) in [7, 11) is 1.68. The lowest BCUT2D eigenvalue weighted by atomic mass is 10.0. The van der Waals surface area contributed by atoms with Gasteiger partial charge in [-0.25, -0.2) is 0 Å². The summed E-state index contributed by atoms with van der Waals surface area (Å²) in [5.74, 6) is -0.137. The molecule has 0 N–H and O–H groups in total. The number of rotatable bonds is 3. The molecule has 0 radical (unpaired) electrons. The molecule has 0 saturated carbocycles. The highest BCUT2D eigenvalue weighted by Crippen LogP contribution is 2.20. The number of benzene rings is 1. The minimum atomic E-state index is -0.177. The van der Waals surface area contributed by atoms with Crippen LogP contribution in [0.2, 0.25) is 0 Å². The van der Waals surface area contributed by atoms with Crippen molar-refractivity contribution in [2.24, 2.45) is 0 Å². The first-order valence-electron chi connectivity index (χ1n) is 7.14. The maximum atomic E-state index is 12.5. The number of carbonyl (C=O) groups excluding carboxylic acids is 2. The van der Waals surface area contributed by atoms with Crippen LogP contribution in [0.3, 0.4) is 0 Å². The molecule has 116 valence electrons. The molecule has 1 aromatic rings. The Balaban J connectivity index is 2.05. The number of halogens is 1. The van der Waals surface area contributed by atoms with Crippen molar-refractivity contribution in [3.63, 3.8) is 0 Å². The third-order valence-corrected chi connectivity index (χ3v) is 4.50. The molecule has 1 fully saturated rings. The lowest BCUT2D eigenvalue weighted by Gasteiger charge is -2.28. The fraction of sp³-hybridized carbons (Fsp3) is 0.294. The van der Waals surface area contributed by atoms with E-state index in [1.165, 1.54) is 16.5 Å². The highest BCUT2D eigenvalue weighted by atomic mass is 79.9. The first-order valence-corrected chi connectivity index (χ1v) is 8.06. The van der Waals surface area contributed by atoms with Crippen LogP contribution in [0.5, 0.6) is 0 Å². The second kappa shape index (κ2) is 7.40. The largest absolute Gasteiger partial charge is 0.338 e. The average molecular weight is 363 g/mol. The van der Waals surface area contributed by atoms with Crippen molar-refractivity contribution >= 4 is 33.4 Å². The summed E-state index contributed by atoms with van der Waals surface area (Å²) >= 11 is 3.35. The molecule has 1 aliphatic heterocycles. The number of likely N-dealkylation sites (tertiary alicyclic amines) is 1. The minimum Gasteiger partial charge on any atom is -0.338 e. The summed E-state index contributed by atoms with van der Waals surface area (Å²) in [4.78, 5) is 29.3. The highest BCUT2D eigenvalue weighted by molar-refractivity contribution is 9.11. The smallest absolute Gasteiger partial charge is 0.253 e. The quantitative estimate of drug-likeness (QED) is 0.773. The van der Waals surface area contributed by atoms with Crippen LogP contribution in [0, 0.1) is 0 Å². The number of likely N-dealkylation sites (N-methyl/N-ethyl adjacent to an activating group) is 1. The van der Waals surface area contributed by atoms with Gasteiger partial charge in [-0.1, -0.05) is 28.1 Å². The molecule has 4 nitrogen and oxygen atoms in total. The van der Waals surface area contributed by atoms with Crippen LogP contribution in [0.25, 0.3) is 0 Å². The van der Waals surface area contributed by atoms with Crippen molar-refractivity contribution in [3.8, 4) is 0 Å². The number of piperidine rings is 1. The molecule has 1 heterocycles. The molecule has 1 saturated heterocycles. The Labute approximate surface area is 139 Å². The molecule has 22 heavy (non-hydrogen) atoms. The maximum Gasteiger partial charge on any atom is 0.253 e. The van der Waals surface area contributed by atoms with Gasteiger partial charge in [0.05, 0.1) is 0 Å². The summed E-state index contributed by atoms with van der Waals surface area (Å²) in [5, 5.41) is 0. The van der Waals surface area contributed by atoms with Crippen molar-refractivity contribution in [2.75, 3.05) is 25.0 Å². The van der Waals surface area contributed by atoms with Crippen LogP contribution in [-0.2, 0) is 4.79 Å². The van der Waals surface area contributed by atoms with Gasteiger partial charge in [-0.3, -0.25) is 9.59 Å². The summed E-state index contributed by atoms with van der Waals surface area (Å²) < 4.78 is 0. The molecule has 0 aliphatic carbocycles. The Morgan fingerprint density at radius 1 is 1.23 bits per heavy atom. The number of amides is 2. The lowest BCUT2D eigenvalue weighted by Crippen LogP contribution is -2.36. The summed E-state index contributed by atoms with van der Waals surface area (Å²) in [6.45, 7) is 4.95. The van der Waals surface area contributed by atoms with Gasteiger partial charge in [-0.05, 0) is 48.2 Å². The molecule has 0 spiro atoms. The summed E-state index contributed by atoms with van der Waals surface area (Å²) in [5.41, 5.74) is 2.73.